The predicted octanol–water partition coefficient (Wildman–Crippen LogP) is 5.52. The fraction of sp³-hybridized carbons (Fsp3) is 0.200. The number of halogens is 4. The van der Waals surface area contributed by atoms with Crippen LogP contribution in [0.5, 0.6) is 0 Å². The summed E-state index contributed by atoms with van der Waals surface area (Å²) in [6.07, 6.45) is -3.13. The van der Waals surface area contributed by atoms with Crippen LogP contribution in [0.4, 0.5) is 19.0 Å². The quantitative estimate of drug-likeness (QED) is 0.364. The molecule has 5 aromatic rings. The van der Waals surface area contributed by atoms with Gasteiger partial charge in [0, 0.05) is 17.5 Å². The van der Waals surface area contributed by atoms with Crippen LogP contribution in [0.1, 0.15) is 24.1 Å². The van der Waals surface area contributed by atoms with Gasteiger partial charge in [0.05, 0.1) is 11.4 Å². The number of hydrogen-bond donors (Lipinski definition) is 1. The number of fused-ring (bicyclic) bond motifs is 4. The third-order valence-electron chi connectivity index (χ3n) is 5.49. The Morgan fingerprint density at radius 3 is 2.72 bits per heavy atom. The molecule has 6 rings (SSSR count). The van der Waals surface area contributed by atoms with Crippen molar-refractivity contribution in [2.45, 2.75) is 24.7 Å². The van der Waals surface area contributed by atoms with Gasteiger partial charge in [-0.15, -0.1) is 16.4 Å². The van der Waals surface area contributed by atoms with Gasteiger partial charge in [0.2, 0.25) is 5.82 Å². The highest BCUT2D eigenvalue weighted by Crippen LogP contribution is 2.44. The van der Waals surface area contributed by atoms with Crippen molar-refractivity contribution in [1.82, 2.24) is 29.4 Å². The lowest BCUT2D eigenvalue weighted by atomic mass is 9.97. The van der Waals surface area contributed by atoms with Gasteiger partial charge in [0.15, 0.2) is 11.7 Å². The number of thiophene rings is 1. The molecule has 7 nitrogen and oxygen atoms in total. The van der Waals surface area contributed by atoms with Gasteiger partial charge in [0.25, 0.3) is 0 Å². The first-order valence-corrected chi connectivity index (χ1v) is 10.9. The van der Waals surface area contributed by atoms with E-state index in [4.69, 9.17) is 11.6 Å². The predicted molar refractivity (Wildman–Crippen MR) is 115 cm³/mol. The highest BCUT2D eigenvalue weighted by atomic mass is 35.5. The number of rotatable bonds is 2. The fourth-order valence-electron chi connectivity index (χ4n) is 3.97. The lowest BCUT2D eigenvalue weighted by Gasteiger charge is -2.33. The van der Waals surface area contributed by atoms with E-state index in [1.54, 1.807) is 30.3 Å². The summed E-state index contributed by atoms with van der Waals surface area (Å²) in [4.78, 5) is 9.65. The molecule has 1 aliphatic rings. The average Bonchev–Trinajstić information content (AvgIpc) is 3.48. The van der Waals surface area contributed by atoms with Gasteiger partial charge in [-0.05, 0) is 29.1 Å². The molecule has 0 spiro atoms. The number of benzene rings is 1. The Hall–Kier alpha value is -3.18. The van der Waals surface area contributed by atoms with Crippen molar-refractivity contribution in [3.63, 3.8) is 0 Å². The van der Waals surface area contributed by atoms with Gasteiger partial charge in [-0.1, -0.05) is 23.7 Å². The number of nitrogens with zero attached hydrogens (tertiary/aromatic N) is 6. The van der Waals surface area contributed by atoms with E-state index in [-0.39, 0.29) is 23.8 Å². The van der Waals surface area contributed by atoms with E-state index in [9.17, 15) is 13.2 Å². The molecule has 4 aromatic heterocycles. The van der Waals surface area contributed by atoms with Crippen molar-refractivity contribution >= 4 is 44.6 Å². The summed E-state index contributed by atoms with van der Waals surface area (Å²) in [5.41, 5.74) is 1.55. The Balaban J connectivity index is 1.44. The third-order valence-corrected chi connectivity index (χ3v) is 6.57. The van der Waals surface area contributed by atoms with Crippen molar-refractivity contribution in [3.8, 4) is 11.5 Å². The Morgan fingerprint density at radius 1 is 1.12 bits per heavy atom. The van der Waals surface area contributed by atoms with Crippen molar-refractivity contribution < 1.29 is 13.2 Å². The molecule has 32 heavy (non-hydrogen) atoms. The standard InChI is InChI=1S/C20H13ClF3N7S/c21-11-3-1-10(2-4-11)13-7-15(20(22,23)24)31-16(26-13)8-14(28-31)17-27-18-12-5-6-32-19(12)25-9-30(18)29-17/h1-6,8-9,13,15,26H,7H2. The van der Waals surface area contributed by atoms with Crippen LogP contribution in [-0.4, -0.2) is 35.5 Å². The second-order valence-corrected chi connectivity index (χ2v) is 8.82. The summed E-state index contributed by atoms with van der Waals surface area (Å²) < 4.78 is 44.3. The second-order valence-electron chi connectivity index (χ2n) is 7.49. The van der Waals surface area contributed by atoms with Crippen LogP contribution in [0, 0.1) is 0 Å². The molecule has 0 fully saturated rings. The van der Waals surface area contributed by atoms with Gasteiger partial charge in [0.1, 0.15) is 22.7 Å². The second kappa shape index (κ2) is 6.91. The van der Waals surface area contributed by atoms with Crippen LogP contribution < -0.4 is 5.32 Å². The summed E-state index contributed by atoms with van der Waals surface area (Å²) in [5.74, 6) is 0.490. The molecular weight excluding hydrogens is 463 g/mol. The molecule has 0 aliphatic carbocycles. The van der Waals surface area contributed by atoms with Crippen LogP contribution in [0.25, 0.3) is 27.4 Å². The smallest absolute Gasteiger partial charge is 0.363 e. The number of aromatic nitrogens is 6. The normalized spacial score (nSPS) is 18.8. The Morgan fingerprint density at radius 2 is 1.94 bits per heavy atom. The van der Waals surface area contributed by atoms with Crippen molar-refractivity contribution in [2.75, 3.05) is 5.32 Å². The maximum Gasteiger partial charge on any atom is 0.410 e. The summed E-state index contributed by atoms with van der Waals surface area (Å²) in [5, 5.41) is 15.0. The third kappa shape index (κ3) is 3.11. The van der Waals surface area contributed by atoms with Gasteiger partial charge in [-0.3, -0.25) is 0 Å². The summed E-state index contributed by atoms with van der Waals surface area (Å²) in [7, 11) is 0. The van der Waals surface area contributed by atoms with Crippen LogP contribution >= 0.6 is 22.9 Å². The Labute approximate surface area is 187 Å². The maximum atomic E-state index is 13.9. The minimum absolute atomic E-state index is 0.197. The maximum absolute atomic E-state index is 13.9. The molecule has 5 heterocycles. The van der Waals surface area contributed by atoms with E-state index < -0.39 is 18.3 Å². The van der Waals surface area contributed by atoms with Gasteiger partial charge < -0.3 is 5.32 Å². The van der Waals surface area contributed by atoms with Crippen LogP contribution in [0.3, 0.4) is 0 Å². The number of alkyl halides is 3. The zero-order chi connectivity index (χ0) is 22.0. The molecule has 1 N–H and O–H groups in total. The summed E-state index contributed by atoms with van der Waals surface area (Å²) in [6, 6.07) is 7.89. The molecule has 2 atom stereocenters. The van der Waals surface area contributed by atoms with Crippen LogP contribution in [0.15, 0.2) is 48.1 Å². The molecule has 1 aromatic carbocycles. The van der Waals surface area contributed by atoms with E-state index in [1.165, 1.54) is 22.2 Å². The number of anilines is 1. The van der Waals surface area contributed by atoms with E-state index >= 15 is 0 Å². The molecule has 0 amide bonds. The zero-order valence-corrected chi connectivity index (χ0v) is 17.7. The van der Waals surface area contributed by atoms with E-state index in [2.05, 4.69) is 25.5 Å². The first kappa shape index (κ1) is 19.5. The molecule has 1 aliphatic heterocycles. The van der Waals surface area contributed by atoms with Gasteiger partial charge in [-0.25, -0.2) is 19.2 Å². The number of hydrogen-bond acceptors (Lipinski definition) is 6. The molecule has 0 bridgehead atoms. The minimum Gasteiger partial charge on any atom is -0.363 e. The fourth-order valence-corrected chi connectivity index (χ4v) is 4.82. The zero-order valence-electron chi connectivity index (χ0n) is 16.1. The topological polar surface area (TPSA) is 72.9 Å². The average molecular weight is 476 g/mol. The molecule has 0 radical (unpaired) electrons. The van der Waals surface area contributed by atoms with Crippen LogP contribution in [-0.2, 0) is 0 Å². The lowest BCUT2D eigenvalue weighted by Crippen LogP contribution is -2.35. The van der Waals surface area contributed by atoms with Crippen molar-refractivity contribution in [2.24, 2.45) is 0 Å². The molecule has 12 heteroatoms. The van der Waals surface area contributed by atoms with Gasteiger partial charge in [-0.2, -0.15) is 18.3 Å². The van der Waals surface area contributed by atoms with Crippen molar-refractivity contribution in [3.05, 3.63) is 58.7 Å². The Bertz CT molecular complexity index is 1450. The molecule has 0 saturated heterocycles. The minimum atomic E-state index is -4.47. The largest absolute Gasteiger partial charge is 0.410 e. The highest BCUT2D eigenvalue weighted by molar-refractivity contribution is 7.16. The van der Waals surface area contributed by atoms with E-state index in [0.717, 1.165) is 20.5 Å². The summed E-state index contributed by atoms with van der Waals surface area (Å²) >= 11 is 7.41. The molecule has 0 saturated carbocycles. The molecule has 2 unspecified atom stereocenters. The van der Waals surface area contributed by atoms with Crippen LogP contribution in [0.2, 0.25) is 5.02 Å². The first-order chi connectivity index (χ1) is 15.4. The first-order valence-electron chi connectivity index (χ1n) is 9.64. The number of nitrogens with one attached hydrogen (secondary N) is 1. The SMILES string of the molecule is FC(F)(F)C1CC(c2ccc(Cl)cc2)Nc2cc(-c3nc4c5ccsc5ncn4n3)nn21. The molecular formula is C20H13ClF3N7S. The monoisotopic (exact) mass is 475 g/mol. The Kier molecular flexibility index (Phi) is 4.21. The van der Waals surface area contributed by atoms with Gasteiger partial charge >= 0.3 is 6.18 Å². The lowest BCUT2D eigenvalue weighted by molar-refractivity contribution is -0.173. The van der Waals surface area contributed by atoms with E-state index in [0.29, 0.717) is 10.7 Å². The molecule has 162 valence electrons. The highest BCUT2D eigenvalue weighted by Gasteiger charge is 2.46. The van der Waals surface area contributed by atoms with Crippen molar-refractivity contribution in [1.29, 1.82) is 0 Å². The van der Waals surface area contributed by atoms with E-state index in [1.807, 2.05) is 11.4 Å². The summed E-state index contributed by atoms with van der Waals surface area (Å²) in [6.45, 7) is 0.